The molecule has 0 radical (unpaired) electrons. The molecule has 0 bridgehead atoms. The summed E-state index contributed by atoms with van der Waals surface area (Å²) >= 11 is 0. The first-order valence-electron chi connectivity index (χ1n) is 3.56. The highest BCUT2D eigenvalue weighted by Gasteiger charge is 2.46. The second-order valence-corrected chi connectivity index (χ2v) is 3.29. The fourth-order valence-corrected chi connectivity index (χ4v) is 1.87. The van der Waals surface area contributed by atoms with Crippen molar-refractivity contribution >= 4 is 8.25 Å². The van der Waals surface area contributed by atoms with Crippen LogP contribution < -0.4 is 0 Å². The number of hydrogen-bond acceptors (Lipinski definition) is 5. The van der Waals surface area contributed by atoms with Crippen molar-refractivity contribution in [2.45, 2.75) is 12.2 Å². The smallest absolute Gasteiger partial charge is 0.382 e. The maximum Gasteiger partial charge on any atom is 0.698 e. The zero-order chi connectivity index (χ0) is 8.97. The van der Waals surface area contributed by atoms with Crippen LogP contribution in [0.15, 0.2) is 0 Å². The van der Waals surface area contributed by atoms with Gasteiger partial charge in [-0.2, -0.15) is 0 Å². The second-order valence-electron chi connectivity index (χ2n) is 2.42. The summed E-state index contributed by atoms with van der Waals surface area (Å²) in [4.78, 5) is 0. The predicted octanol–water partition coefficient (Wildman–Crippen LogP) is 0.721. The van der Waals surface area contributed by atoms with Gasteiger partial charge in [0.1, 0.15) is 0 Å². The Bertz CT molecular complexity index is 146. The van der Waals surface area contributed by atoms with Crippen LogP contribution in [0.25, 0.3) is 0 Å². The van der Waals surface area contributed by atoms with E-state index < -0.39 is 8.25 Å². The topological polar surface area (TPSA) is 54.0 Å². The largest absolute Gasteiger partial charge is 0.698 e. The third-order valence-corrected chi connectivity index (χ3v) is 2.41. The van der Waals surface area contributed by atoms with E-state index in [-0.39, 0.29) is 12.2 Å². The van der Waals surface area contributed by atoms with Crippen LogP contribution in [0.2, 0.25) is 0 Å². The highest BCUT2D eigenvalue weighted by molar-refractivity contribution is 7.33. The Labute approximate surface area is 71.9 Å². The van der Waals surface area contributed by atoms with Gasteiger partial charge in [-0.1, -0.05) is 0 Å². The van der Waals surface area contributed by atoms with Crippen molar-refractivity contribution < 1.29 is 23.1 Å². The quantitative estimate of drug-likeness (QED) is 0.618. The molecule has 0 N–H and O–H groups in total. The third-order valence-electron chi connectivity index (χ3n) is 1.52. The molecule has 0 aromatic rings. The van der Waals surface area contributed by atoms with Crippen molar-refractivity contribution in [2.24, 2.45) is 0 Å². The molecule has 0 amide bonds. The van der Waals surface area contributed by atoms with E-state index in [1.807, 2.05) is 0 Å². The number of methoxy groups -OCH3 is 2. The fraction of sp³-hybridized carbons (Fsp3) is 1.00. The molecule has 1 saturated heterocycles. The van der Waals surface area contributed by atoms with Crippen LogP contribution in [0, 0.1) is 0 Å². The molecule has 0 saturated carbocycles. The molecule has 1 aliphatic heterocycles. The first-order valence-corrected chi connectivity index (χ1v) is 4.66. The van der Waals surface area contributed by atoms with Crippen molar-refractivity contribution in [3.8, 4) is 0 Å². The highest BCUT2D eigenvalue weighted by Crippen LogP contribution is 2.38. The normalized spacial score (nSPS) is 29.7. The highest BCUT2D eigenvalue weighted by atomic mass is 31.1. The van der Waals surface area contributed by atoms with E-state index in [4.69, 9.17) is 18.5 Å². The van der Waals surface area contributed by atoms with E-state index in [0.29, 0.717) is 13.2 Å². The molecule has 0 aromatic carbocycles. The number of ether oxygens (including phenoxy) is 2. The molecule has 0 aliphatic carbocycles. The van der Waals surface area contributed by atoms with E-state index in [1.165, 1.54) is 0 Å². The lowest BCUT2D eigenvalue weighted by Gasteiger charge is -2.08. The van der Waals surface area contributed by atoms with Crippen LogP contribution in [0.5, 0.6) is 0 Å². The maximum absolute atomic E-state index is 10.8. The van der Waals surface area contributed by atoms with Gasteiger partial charge in [-0.05, 0) is 0 Å². The Morgan fingerprint density at radius 3 is 1.92 bits per heavy atom. The number of hydrogen-bond donors (Lipinski definition) is 0. The Hall–Kier alpha value is -0.0600. The molecule has 0 spiro atoms. The van der Waals surface area contributed by atoms with Gasteiger partial charge in [0.15, 0.2) is 12.2 Å². The molecular weight excluding hydrogens is 183 g/mol. The Kier molecular flexibility index (Phi) is 4.05. The van der Waals surface area contributed by atoms with Crippen LogP contribution in [0.3, 0.4) is 0 Å². The van der Waals surface area contributed by atoms with Gasteiger partial charge in [-0.25, -0.2) is 0 Å². The predicted molar refractivity (Wildman–Crippen MR) is 41.1 cm³/mol. The maximum atomic E-state index is 10.8. The molecule has 0 aromatic heterocycles. The molecule has 12 heavy (non-hydrogen) atoms. The lowest BCUT2D eigenvalue weighted by atomic mass is 10.2. The van der Waals surface area contributed by atoms with Crippen molar-refractivity contribution in [3.63, 3.8) is 0 Å². The van der Waals surface area contributed by atoms with Gasteiger partial charge < -0.3 is 9.47 Å². The molecule has 1 heterocycles. The summed E-state index contributed by atoms with van der Waals surface area (Å²) in [5.41, 5.74) is 0. The molecule has 6 heteroatoms. The zero-order valence-corrected chi connectivity index (χ0v) is 7.95. The van der Waals surface area contributed by atoms with Gasteiger partial charge in [0, 0.05) is 18.8 Å². The third kappa shape index (κ3) is 2.47. The average Bonchev–Trinajstić information content (AvgIpc) is 2.33. The van der Waals surface area contributed by atoms with Crippen LogP contribution in [-0.2, 0) is 23.1 Å². The van der Waals surface area contributed by atoms with E-state index in [0.717, 1.165) is 0 Å². The van der Waals surface area contributed by atoms with Gasteiger partial charge in [0.25, 0.3) is 0 Å². The Morgan fingerprint density at radius 1 is 1.17 bits per heavy atom. The van der Waals surface area contributed by atoms with E-state index >= 15 is 0 Å². The first kappa shape index (κ1) is 10.0. The summed E-state index contributed by atoms with van der Waals surface area (Å²) in [5, 5.41) is 0. The minimum atomic E-state index is -1.98. The monoisotopic (exact) mass is 195 g/mol. The van der Waals surface area contributed by atoms with Gasteiger partial charge in [-0.15, -0.1) is 9.05 Å². The number of rotatable bonds is 4. The minimum absolute atomic E-state index is 0.279. The van der Waals surface area contributed by atoms with Gasteiger partial charge >= 0.3 is 8.25 Å². The summed E-state index contributed by atoms with van der Waals surface area (Å²) in [6, 6.07) is 0. The first-order chi connectivity index (χ1) is 5.77. The molecule has 0 unspecified atom stereocenters. The summed E-state index contributed by atoms with van der Waals surface area (Å²) in [5.74, 6) is 0. The van der Waals surface area contributed by atoms with E-state index in [9.17, 15) is 4.57 Å². The van der Waals surface area contributed by atoms with Crippen LogP contribution in [0.4, 0.5) is 0 Å². The van der Waals surface area contributed by atoms with Crippen LogP contribution >= 0.6 is 8.25 Å². The van der Waals surface area contributed by atoms with Crippen molar-refractivity contribution in [1.82, 2.24) is 0 Å². The molecular formula is C6H12O5P+. The van der Waals surface area contributed by atoms with Gasteiger partial charge in [-0.3, -0.25) is 0 Å². The Balaban J connectivity index is 2.41. The van der Waals surface area contributed by atoms with Gasteiger partial charge in [0.2, 0.25) is 0 Å². The van der Waals surface area contributed by atoms with Crippen LogP contribution in [0.1, 0.15) is 0 Å². The van der Waals surface area contributed by atoms with Crippen molar-refractivity contribution in [3.05, 3.63) is 0 Å². The zero-order valence-electron chi connectivity index (χ0n) is 7.06. The summed E-state index contributed by atoms with van der Waals surface area (Å²) < 4.78 is 30.4. The lowest BCUT2D eigenvalue weighted by Crippen LogP contribution is -2.30. The standard InChI is InChI=1S/C6H12O5P/c1-8-3-5-6(4-9-2)11-12(7)10-5/h5-6H,3-4H2,1-2H3/q+1/t5-,6-/m0/s1. The molecule has 1 rings (SSSR count). The van der Waals surface area contributed by atoms with E-state index in [2.05, 4.69) is 0 Å². The molecule has 2 atom stereocenters. The Morgan fingerprint density at radius 2 is 1.58 bits per heavy atom. The average molecular weight is 195 g/mol. The second kappa shape index (κ2) is 4.84. The van der Waals surface area contributed by atoms with E-state index in [1.54, 1.807) is 14.2 Å². The van der Waals surface area contributed by atoms with Crippen molar-refractivity contribution in [2.75, 3.05) is 27.4 Å². The van der Waals surface area contributed by atoms with Crippen molar-refractivity contribution in [1.29, 1.82) is 0 Å². The minimum Gasteiger partial charge on any atom is -0.382 e. The fourth-order valence-electron chi connectivity index (χ4n) is 0.986. The van der Waals surface area contributed by atoms with Gasteiger partial charge in [0.05, 0.1) is 13.2 Å². The summed E-state index contributed by atoms with van der Waals surface area (Å²) in [7, 11) is 1.13. The summed E-state index contributed by atoms with van der Waals surface area (Å²) in [6.45, 7) is 0.740. The lowest BCUT2D eigenvalue weighted by molar-refractivity contribution is 0.0219. The molecule has 1 aliphatic rings. The summed E-state index contributed by atoms with van der Waals surface area (Å²) in [6.07, 6.45) is -0.558. The molecule has 1 fully saturated rings. The molecule has 5 nitrogen and oxygen atoms in total. The van der Waals surface area contributed by atoms with Crippen LogP contribution in [-0.4, -0.2) is 39.6 Å². The molecule has 70 valence electrons. The SMILES string of the molecule is COC[C@@H]1O[P+](=O)O[C@H]1COC.